The van der Waals surface area contributed by atoms with Gasteiger partial charge in [-0.25, -0.2) is 72.7 Å². The summed E-state index contributed by atoms with van der Waals surface area (Å²) in [7, 11) is -2.16. The molecule has 0 amide bonds. The van der Waals surface area contributed by atoms with Crippen molar-refractivity contribution in [3.8, 4) is 5.75 Å². The van der Waals surface area contributed by atoms with Gasteiger partial charge in [0.15, 0.2) is 81.5 Å². The zero-order valence-corrected chi connectivity index (χ0v) is 27.0. The van der Waals surface area contributed by atoms with Gasteiger partial charge in [-0.1, -0.05) is 32.9 Å². The van der Waals surface area contributed by atoms with Crippen LogP contribution in [0.4, 0.5) is 64.3 Å². The fourth-order valence-electron chi connectivity index (χ4n) is 6.75. The number of fused-ring (bicyclic) bond motifs is 10. The summed E-state index contributed by atoms with van der Waals surface area (Å²) in [4.78, 5) is 15.8. The lowest BCUT2D eigenvalue weighted by Crippen LogP contribution is -2.52. The molecule has 9 rings (SSSR count). The minimum Gasteiger partial charge on any atom is -0.523 e. The smallest absolute Gasteiger partial charge is 0.523 e. The first-order chi connectivity index (χ1) is 25.4. The number of nitrogens with zero attached hydrogens (tertiary/aromatic N) is 6. The Morgan fingerprint density at radius 1 is 0.463 bits per heavy atom. The highest BCUT2D eigenvalue weighted by molar-refractivity contribution is 6.52. The molecule has 0 radical (unpaired) electrons. The second-order valence-electron chi connectivity index (χ2n) is 13.4. The van der Waals surface area contributed by atoms with Crippen molar-refractivity contribution < 1.29 is 57.3 Å². The lowest BCUT2D eigenvalue weighted by Gasteiger charge is -2.24. The Labute approximate surface area is 292 Å². The molecule has 0 fully saturated rings. The van der Waals surface area contributed by atoms with Gasteiger partial charge in [-0.15, -0.1) is 0 Å². The van der Waals surface area contributed by atoms with Crippen LogP contribution in [0.15, 0.2) is 44.2 Å². The number of halogens is 12. The maximum absolute atomic E-state index is 15.9. The quantitative estimate of drug-likeness (QED) is 0.0771. The molecule has 0 saturated carbocycles. The number of hydrogen-bond acceptors (Lipinski definition) is 5. The van der Waals surface area contributed by atoms with E-state index in [0.29, 0.717) is 8.96 Å². The first-order valence-electron chi connectivity index (χ1n) is 15.5. The van der Waals surface area contributed by atoms with E-state index < -0.39 is 149 Å². The van der Waals surface area contributed by atoms with Crippen molar-refractivity contribution in [3.63, 3.8) is 0 Å². The summed E-state index contributed by atoms with van der Waals surface area (Å²) in [5.41, 5.74) is -4.24. The van der Waals surface area contributed by atoms with Crippen LogP contribution in [0, 0.1) is 69.8 Å². The molecule has 272 valence electrons. The first-order valence-corrected chi connectivity index (χ1v) is 15.5. The molecule has 4 aromatic carbocycles. The van der Waals surface area contributed by atoms with Crippen LogP contribution in [-0.2, 0) is 5.41 Å². The van der Waals surface area contributed by atoms with Crippen molar-refractivity contribution in [2.75, 3.05) is 0 Å². The number of hydrogen-bond donors (Lipinski definition) is 0. The summed E-state index contributed by atoms with van der Waals surface area (Å²) in [6.45, 7) is 5.62. The molecule has 2 aromatic heterocycles. The highest BCUT2D eigenvalue weighted by Crippen LogP contribution is 2.45. The van der Waals surface area contributed by atoms with Gasteiger partial charge >= 0.3 is 7.19 Å². The van der Waals surface area contributed by atoms with Crippen molar-refractivity contribution in [2.45, 2.75) is 26.2 Å². The third kappa shape index (κ3) is 4.12. The molecular formula is C34H13BF12N6O. The van der Waals surface area contributed by atoms with E-state index in [4.69, 9.17) is 4.65 Å². The van der Waals surface area contributed by atoms with Crippen LogP contribution in [0.2, 0.25) is 0 Å². The van der Waals surface area contributed by atoms with Crippen LogP contribution in [0.1, 0.15) is 37.5 Å². The molecule has 0 aliphatic carbocycles. The monoisotopic (exact) mass is 760 g/mol. The highest BCUT2D eigenvalue weighted by Gasteiger charge is 2.45. The molecule has 54 heavy (non-hydrogen) atoms. The Hall–Kier alpha value is -6.08. The van der Waals surface area contributed by atoms with Gasteiger partial charge in [0, 0.05) is 0 Å². The van der Waals surface area contributed by atoms with E-state index in [1.165, 1.54) is 12.1 Å². The topological polar surface area (TPSA) is 68.5 Å². The predicted molar refractivity (Wildman–Crippen MR) is 167 cm³/mol. The minimum atomic E-state index is -2.39. The summed E-state index contributed by atoms with van der Waals surface area (Å²) in [6, 6.07) is 5.94. The third-order valence-electron chi connectivity index (χ3n) is 9.31. The van der Waals surface area contributed by atoms with Crippen LogP contribution >= 0.6 is 0 Å². The highest BCUT2D eigenvalue weighted by atomic mass is 19.2. The Kier molecular flexibility index (Phi) is 6.72. The Morgan fingerprint density at radius 3 is 1.35 bits per heavy atom. The van der Waals surface area contributed by atoms with Crippen LogP contribution in [0.25, 0.3) is 21.5 Å². The van der Waals surface area contributed by atoms with Crippen LogP contribution in [0.5, 0.6) is 5.75 Å². The largest absolute Gasteiger partial charge is 0.633 e. The van der Waals surface area contributed by atoms with E-state index >= 15 is 26.3 Å². The maximum atomic E-state index is 15.9. The lowest BCUT2D eigenvalue weighted by atomic mass is 9.87. The van der Waals surface area contributed by atoms with Crippen molar-refractivity contribution in [3.05, 3.63) is 122 Å². The van der Waals surface area contributed by atoms with Gasteiger partial charge in [-0.05, 0) is 23.1 Å². The molecule has 3 aliphatic rings. The van der Waals surface area contributed by atoms with E-state index in [1.54, 1.807) is 12.1 Å². The fourth-order valence-corrected chi connectivity index (χ4v) is 6.75. The Balaban J connectivity index is 1.55. The average molecular weight is 760 g/mol. The summed E-state index contributed by atoms with van der Waals surface area (Å²) in [6.07, 6.45) is 0. The van der Waals surface area contributed by atoms with E-state index in [1.807, 2.05) is 20.8 Å². The van der Waals surface area contributed by atoms with Crippen LogP contribution < -0.4 is 15.6 Å². The molecule has 7 nitrogen and oxygen atoms in total. The number of rotatable bonds is 2. The van der Waals surface area contributed by atoms with Crippen molar-refractivity contribution in [1.29, 1.82) is 0 Å². The zero-order chi connectivity index (χ0) is 38.6. The van der Waals surface area contributed by atoms with E-state index in [-0.39, 0.29) is 5.75 Å². The second kappa shape index (κ2) is 10.8. The molecule has 4 bridgehead atoms. The number of benzene rings is 4. The number of aliphatic imine (C=N–C) groups is 2. The number of amidine groups is 2. The summed E-state index contributed by atoms with van der Waals surface area (Å²) in [5, 5.41) is -4.96. The molecule has 0 spiro atoms. The molecule has 0 atom stereocenters. The van der Waals surface area contributed by atoms with Gasteiger partial charge in [0.25, 0.3) is 0 Å². The van der Waals surface area contributed by atoms with Gasteiger partial charge in [0.2, 0.25) is 0 Å². The molecule has 20 heteroatoms. The summed E-state index contributed by atoms with van der Waals surface area (Å²) < 4.78 is 191. The number of aromatic nitrogens is 2. The molecule has 3 aliphatic heterocycles. The molecule has 0 N–H and O–H groups in total. The Morgan fingerprint density at radius 2 is 0.870 bits per heavy atom. The van der Waals surface area contributed by atoms with Crippen molar-refractivity contribution in [1.82, 2.24) is 8.96 Å². The predicted octanol–water partition coefficient (Wildman–Crippen LogP) is 7.76. The lowest BCUT2D eigenvalue weighted by molar-refractivity contribution is 0.407. The van der Waals surface area contributed by atoms with Crippen molar-refractivity contribution in [2.24, 2.45) is 20.0 Å². The summed E-state index contributed by atoms with van der Waals surface area (Å²) in [5.74, 6) is -31.5. The molecule has 6 aromatic rings. The second-order valence-corrected chi connectivity index (χ2v) is 13.4. The molecule has 5 heterocycles. The first kappa shape index (κ1) is 33.7. The van der Waals surface area contributed by atoms with Gasteiger partial charge in [-0.3, -0.25) is 8.96 Å². The zero-order valence-electron chi connectivity index (χ0n) is 27.0. The van der Waals surface area contributed by atoms with Crippen LogP contribution in [-0.4, -0.2) is 27.8 Å². The molecular weight excluding hydrogens is 747 g/mol. The minimum absolute atomic E-state index is 0.120. The molecule has 0 unspecified atom stereocenters. The molecule has 0 saturated heterocycles. The standard InChI is InChI=1S/C34H13BF12N6O/c1-34(2,3)8-4-6-9(7-5-8)54-35-52-30-12-14(20(40)26(46)24(44)18(12)38)32(52)51-33-15-13(19(39)25(45)27(47)21(15)41)31(53(33)35)50-29-11-10(28(48-29)49-30)16(36)22(42)23(43)17(11)37/h4-7H,1-3H3. The van der Waals surface area contributed by atoms with E-state index in [0.717, 1.165) is 5.56 Å². The van der Waals surface area contributed by atoms with Gasteiger partial charge in [-0.2, -0.15) is 0 Å². The normalized spacial score (nSPS) is 14.3. The maximum Gasteiger partial charge on any atom is 0.633 e. The third-order valence-corrected chi connectivity index (χ3v) is 9.31. The van der Waals surface area contributed by atoms with Crippen molar-refractivity contribution >= 4 is 52.0 Å². The van der Waals surface area contributed by atoms with E-state index in [2.05, 4.69) is 20.0 Å². The van der Waals surface area contributed by atoms with Gasteiger partial charge in [0.1, 0.15) is 28.4 Å². The van der Waals surface area contributed by atoms with Gasteiger partial charge < -0.3 is 4.65 Å². The Bertz CT molecular complexity index is 2980. The van der Waals surface area contributed by atoms with Gasteiger partial charge in [0.05, 0.1) is 32.7 Å². The van der Waals surface area contributed by atoms with E-state index in [9.17, 15) is 26.3 Å². The summed E-state index contributed by atoms with van der Waals surface area (Å²) >= 11 is 0. The SMILES string of the molecule is CC(C)(C)c1ccc(OB2n3c4c5c(F)c(F)c(F)c(F)c5c3N=c3c5c(F)c(F)c(F)c(F)c5c(n32)=NC2=NC(=N4)c3c(F)c(F)c(F)c(F)c32)cc1. The fraction of sp³-hybridized carbons (Fsp3) is 0.118. The average Bonchev–Trinajstić information content (AvgIpc) is 3.77. The van der Waals surface area contributed by atoms with Crippen LogP contribution in [0.3, 0.4) is 0 Å².